The van der Waals surface area contributed by atoms with Crippen LogP contribution in [0.1, 0.15) is 12.8 Å². The highest BCUT2D eigenvalue weighted by atomic mass is 19.4. The van der Waals surface area contributed by atoms with Gasteiger partial charge in [-0.05, 0) is 18.6 Å². The molecule has 0 saturated heterocycles. The Hall–Kier alpha value is -1.76. The van der Waals surface area contributed by atoms with Gasteiger partial charge in [0.05, 0.1) is 5.69 Å². The normalized spacial score (nSPS) is 11.2. The molecule has 1 aromatic rings. The lowest BCUT2D eigenvalue weighted by Crippen LogP contribution is -2.20. The van der Waals surface area contributed by atoms with Gasteiger partial charge in [-0.25, -0.2) is 0 Å². The first kappa shape index (κ1) is 15.3. The van der Waals surface area contributed by atoms with Gasteiger partial charge in [0.25, 0.3) is 0 Å². The monoisotopic (exact) mass is 277 g/mol. The van der Waals surface area contributed by atoms with Crippen molar-refractivity contribution < 1.29 is 27.8 Å². The van der Waals surface area contributed by atoms with Crippen LogP contribution in [0.2, 0.25) is 0 Å². The summed E-state index contributed by atoms with van der Waals surface area (Å²) in [6.07, 6.45) is -4.06. The Labute approximate surface area is 108 Å². The fourth-order valence-corrected chi connectivity index (χ4v) is 1.31. The van der Waals surface area contributed by atoms with Crippen LogP contribution in [-0.2, 0) is 4.79 Å². The zero-order valence-electron chi connectivity index (χ0n) is 10.0. The van der Waals surface area contributed by atoms with Gasteiger partial charge >= 0.3 is 6.18 Å². The number of hydrogen-bond acceptors (Lipinski definition) is 3. The van der Waals surface area contributed by atoms with Gasteiger partial charge in [-0.15, -0.1) is 0 Å². The van der Waals surface area contributed by atoms with E-state index in [2.05, 4.69) is 10.1 Å². The van der Waals surface area contributed by atoms with Crippen molar-refractivity contribution in [3.8, 4) is 5.75 Å². The number of carbonyl (C=O) groups is 1. The summed E-state index contributed by atoms with van der Waals surface area (Å²) < 4.78 is 40.8. The van der Waals surface area contributed by atoms with E-state index in [4.69, 9.17) is 5.11 Å². The predicted molar refractivity (Wildman–Crippen MR) is 62.9 cm³/mol. The molecule has 4 nitrogen and oxygen atoms in total. The highest BCUT2D eigenvalue weighted by Crippen LogP contribution is 2.26. The molecule has 0 aliphatic carbocycles. The summed E-state index contributed by atoms with van der Waals surface area (Å²) in [5.41, 5.74) is 0.176. The van der Waals surface area contributed by atoms with E-state index < -0.39 is 18.7 Å². The van der Waals surface area contributed by atoms with Crippen molar-refractivity contribution >= 4 is 11.6 Å². The van der Waals surface area contributed by atoms with Gasteiger partial charge in [0.15, 0.2) is 6.61 Å². The molecule has 0 aliphatic heterocycles. The minimum absolute atomic E-state index is 0.0443. The standard InChI is InChI=1S/C12H14F3NO3/c13-12(14,15)8-19-10-5-2-1-4-9(10)16-11(18)6-3-7-17/h1-2,4-5,17H,3,6-8H2,(H,16,18). The molecule has 1 amide bonds. The van der Waals surface area contributed by atoms with E-state index in [1.54, 1.807) is 6.07 Å². The van der Waals surface area contributed by atoms with Crippen LogP contribution >= 0.6 is 0 Å². The number of aliphatic hydroxyl groups excluding tert-OH is 1. The van der Waals surface area contributed by atoms with Gasteiger partial charge in [0.1, 0.15) is 5.75 Å². The lowest BCUT2D eigenvalue weighted by Gasteiger charge is -2.13. The van der Waals surface area contributed by atoms with Gasteiger partial charge < -0.3 is 15.2 Å². The topological polar surface area (TPSA) is 58.6 Å². The molecule has 0 aromatic heterocycles. The van der Waals surface area contributed by atoms with Crippen molar-refractivity contribution in [1.82, 2.24) is 0 Å². The molecule has 1 aromatic carbocycles. The van der Waals surface area contributed by atoms with Crippen LogP contribution in [0, 0.1) is 0 Å². The predicted octanol–water partition coefficient (Wildman–Crippen LogP) is 2.34. The largest absolute Gasteiger partial charge is 0.482 e. The molecule has 106 valence electrons. The van der Waals surface area contributed by atoms with Gasteiger partial charge in [-0.2, -0.15) is 13.2 Å². The highest BCUT2D eigenvalue weighted by molar-refractivity contribution is 5.92. The van der Waals surface area contributed by atoms with Gasteiger partial charge in [-0.1, -0.05) is 12.1 Å². The summed E-state index contributed by atoms with van der Waals surface area (Å²) in [7, 11) is 0. The van der Waals surface area contributed by atoms with Gasteiger partial charge in [0, 0.05) is 13.0 Å². The Morgan fingerprint density at radius 1 is 1.32 bits per heavy atom. The molecule has 7 heteroatoms. The van der Waals surface area contributed by atoms with Crippen LogP contribution in [-0.4, -0.2) is 30.4 Å². The van der Waals surface area contributed by atoms with Gasteiger partial charge in [0.2, 0.25) is 5.91 Å². The number of benzene rings is 1. The number of aliphatic hydroxyl groups is 1. The van der Waals surface area contributed by atoms with Gasteiger partial charge in [-0.3, -0.25) is 4.79 Å². The highest BCUT2D eigenvalue weighted by Gasteiger charge is 2.28. The summed E-state index contributed by atoms with van der Waals surface area (Å²) in [6, 6.07) is 5.87. The first-order valence-corrected chi connectivity index (χ1v) is 5.61. The van der Waals surface area contributed by atoms with Crippen LogP contribution in [0.25, 0.3) is 0 Å². The molecule has 2 N–H and O–H groups in total. The van der Waals surface area contributed by atoms with Crippen LogP contribution < -0.4 is 10.1 Å². The number of rotatable bonds is 6. The summed E-state index contributed by atoms with van der Waals surface area (Å²) >= 11 is 0. The second-order valence-corrected chi connectivity index (χ2v) is 3.78. The SMILES string of the molecule is O=C(CCCO)Nc1ccccc1OCC(F)(F)F. The lowest BCUT2D eigenvalue weighted by atomic mass is 10.2. The first-order valence-electron chi connectivity index (χ1n) is 5.61. The number of hydrogen-bond donors (Lipinski definition) is 2. The zero-order valence-corrected chi connectivity index (χ0v) is 10.0. The van der Waals surface area contributed by atoms with E-state index in [-0.39, 0.29) is 30.9 Å². The van der Waals surface area contributed by atoms with Crippen molar-refractivity contribution in [3.05, 3.63) is 24.3 Å². The minimum Gasteiger partial charge on any atom is -0.482 e. The Bertz CT molecular complexity index is 421. The van der Waals surface area contributed by atoms with Crippen LogP contribution in [0.15, 0.2) is 24.3 Å². The summed E-state index contributed by atoms with van der Waals surface area (Å²) in [4.78, 5) is 11.4. The maximum Gasteiger partial charge on any atom is 0.422 e. The van der Waals surface area contributed by atoms with Crippen molar-refractivity contribution in [3.63, 3.8) is 0 Å². The number of alkyl halides is 3. The first-order chi connectivity index (χ1) is 8.92. The molecule has 0 fully saturated rings. The van der Waals surface area contributed by atoms with Crippen LogP contribution in [0.3, 0.4) is 0 Å². The van der Waals surface area contributed by atoms with E-state index in [1.165, 1.54) is 18.2 Å². The van der Waals surface area contributed by atoms with Crippen molar-refractivity contribution in [1.29, 1.82) is 0 Å². The average molecular weight is 277 g/mol. The number of ether oxygens (including phenoxy) is 1. The number of anilines is 1. The fourth-order valence-electron chi connectivity index (χ4n) is 1.31. The Morgan fingerprint density at radius 3 is 2.63 bits per heavy atom. The van der Waals surface area contributed by atoms with Crippen molar-refractivity contribution in [2.75, 3.05) is 18.5 Å². The molecule has 19 heavy (non-hydrogen) atoms. The van der Waals surface area contributed by atoms with Crippen LogP contribution in [0.4, 0.5) is 18.9 Å². The Balaban J connectivity index is 2.65. The van der Waals surface area contributed by atoms with E-state index in [0.29, 0.717) is 0 Å². The molecule has 0 saturated carbocycles. The Morgan fingerprint density at radius 2 is 2.00 bits per heavy atom. The lowest BCUT2D eigenvalue weighted by molar-refractivity contribution is -0.153. The molecular formula is C12H14F3NO3. The van der Waals surface area contributed by atoms with E-state index in [9.17, 15) is 18.0 Å². The molecule has 1 rings (SSSR count). The third kappa shape index (κ3) is 6.10. The Kier molecular flexibility index (Phi) is 5.62. The molecule has 0 radical (unpaired) electrons. The quantitative estimate of drug-likeness (QED) is 0.839. The second kappa shape index (κ2) is 6.98. The molecular weight excluding hydrogens is 263 g/mol. The summed E-state index contributed by atoms with van der Waals surface area (Å²) in [5.74, 6) is -0.436. The van der Waals surface area contributed by atoms with E-state index in [0.717, 1.165) is 0 Å². The molecule has 0 aliphatic rings. The molecule has 0 spiro atoms. The third-order valence-corrected chi connectivity index (χ3v) is 2.11. The number of amides is 1. The molecule has 0 heterocycles. The third-order valence-electron chi connectivity index (χ3n) is 2.11. The van der Waals surface area contributed by atoms with E-state index in [1.807, 2.05) is 0 Å². The number of para-hydroxylation sites is 2. The smallest absolute Gasteiger partial charge is 0.422 e. The zero-order chi connectivity index (χ0) is 14.3. The molecule has 0 bridgehead atoms. The number of halogens is 3. The molecule has 0 unspecified atom stereocenters. The molecule has 0 atom stereocenters. The number of nitrogens with one attached hydrogen (secondary N) is 1. The van der Waals surface area contributed by atoms with E-state index >= 15 is 0 Å². The van der Waals surface area contributed by atoms with Crippen molar-refractivity contribution in [2.45, 2.75) is 19.0 Å². The summed E-state index contributed by atoms with van der Waals surface area (Å²) in [5, 5.41) is 11.0. The second-order valence-electron chi connectivity index (χ2n) is 3.78. The fraction of sp³-hybridized carbons (Fsp3) is 0.417. The maximum atomic E-state index is 12.1. The van der Waals surface area contributed by atoms with Crippen molar-refractivity contribution in [2.24, 2.45) is 0 Å². The average Bonchev–Trinajstić information content (AvgIpc) is 2.34. The van der Waals surface area contributed by atoms with Crippen LogP contribution in [0.5, 0.6) is 5.75 Å². The minimum atomic E-state index is -4.44. The summed E-state index contributed by atoms with van der Waals surface area (Å²) in [6.45, 7) is -1.55. The maximum absolute atomic E-state index is 12.1. The number of carbonyl (C=O) groups excluding carboxylic acids is 1.